The molecule has 2 aliphatic rings. The van der Waals surface area contributed by atoms with E-state index in [1.807, 2.05) is 18.2 Å². The van der Waals surface area contributed by atoms with Crippen LogP contribution in [0.5, 0.6) is 0 Å². The van der Waals surface area contributed by atoms with Crippen LogP contribution in [0.15, 0.2) is 52.4 Å². The Bertz CT molecular complexity index is 918. The van der Waals surface area contributed by atoms with Crippen molar-refractivity contribution in [3.05, 3.63) is 64.3 Å². The molecule has 2 aromatic carbocycles. The van der Waals surface area contributed by atoms with Crippen LogP contribution in [0.25, 0.3) is 0 Å². The summed E-state index contributed by atoms with van der Waals surface area (Å²) < 4.78 is 0. The fourth-order valence-corrected chi connectivity index (χ4v) is 3.08. The van der Waals surface area contributed by atoms with Crippen molar-refractivity contribution in [1.82, 2.24) is 0 Å². The Morgan fingerprint density at radius 3 is 2.82 bits per heavy atom. The zero-order chi connectivity index (χ0) is 15.1. The van der Waals surface area contributed by atoms with Crippen LogP contribution < -0.4 is 16.0 Å². The van der Waals surface area contributed by atoms with E-state index in [9.17, 15) is 9.59 Å². The van der Waals surface area contributed by atoms with Gasteiger partial charge in [0.05, 0.1) is 16.6 Å². The minimum Gasteiger partial charge on any atom is -0.325 e. The Hall–Kier alpha value is -2.82. The molecule has 0 fully saturated rings. The minimum absolute atomic E-state index is 0.0221. The standard InChI is InChI=1S/C17H13N3O2/c21-16(13-7-5-10-3-1-2-4-12(10)13)18-11-6-8-14-15(9-11)20-17(22)19-14/h1-4,6,8-9,13H,5,7H2,(H,18,21). The van der Waals surface area contributed by atoms with Crippen LogP contribution in [0.4, 0.5) is 10.5 Å². The highest BCUT2D eigenvalue weighted by Crippen LogP contribution is 2.33. The SMILES string of the molecule is O=C1N=c2ccc(NC(=O)C3CCc4ccccc43)cc2=N1. The number of amides is 3. The zero-order valence-electron chi connectivity index (χ0n) is 11.7. The van der Waals surface area contributed by atoms with Gasteiger partial charge in [0.1, 0.15) is 0 Å². The third kappa shape index (κ3) is 2.11. The number of nitrogens with one attached hydrogen (secondary N) is 1. The van der Waals surface area contributed by atoms with Crippen molar-refractivity contribution in [1.29, 1.82) is 0 Å². The van der Waals surface area contributed by atoms with E-state index >= 15 is 0 Å². The maximum Gasteiger partial charge on any atom is 0.368 e. The van der Waals surface area contributed by atoms with Gasteiger partial charge in [-0.3, -0.25) is 4.79 Å². The van der Waals surface area contributed by atoms with Crippen LogP contribution in [-0.2, 0) is 11.2 Å². The van der Waals surface area contributed by atoms with Crippen molar-refractivity contribution < 1.29 is 9.59 Å². The molecule has 1 atom stereocenters. The molecule has 5 heteroatoms. The van der Waals surface area contributed by atoms with Crippen LogP contribution in [0, 0.1) is 0 Å². The molecule has 1 N–H and O–H groups in total. The van der Waals surface area contributed by atoms with Gasteiger partial charge < -0.3 is 5.32 Å². The molecule has 0 saturated carbocycles. The molecule has 5 nitrogen and oxygen atoms in total. The maximum absolute atomic E-state index is 12.5. The Kier molecular flexibility index (Phi) is 2.85. The number of hydrogen-bond donors (Lipinski definition) is 1. The average Bonchev–Trinajstić information content (AvgIpc) is 3.09. The van der Waals surface area contributed by atoms with Crippen molar-refractivity contribution in [3.63, 3.8) is 0 Å². The first-order chi connectivity index (χ1) is 10.7. The molecule has 3 amide bonds. The zero-order valence-corrected chi connectivity index (χ0v) is 11.7. The number of carbonyl (C=O) groups is 2. The van der Waals surface area contributed by atoms with E-state index in [1.54, 1.807) is 18.2 Å². The molecule has 0 radical (unpaired) electrons. The van der Waals surface area contributed by atoms with Gasteiger partial charge in [0, 0.05) is 5.69 Å². The lowest BCUT2D eigenvalue weighted by Crippen LogP contribution is -2.24. The second-order valence-corrected chi connectivity index (χ2v) is 5.49. The van der Waals surface area contributed by atoms with Gasteiger partial charge in [-0.1, -0.05) is 24.3 Å². The molecule has 4 rings (SSSR count). The first-order valence-corrected chi connectivity index (χ1v) is 7.21. The molecule has 108 valence electrons. The number of nitrogens with zero attached hydrogens (tertiary/aromatic N) is 2. The van der Waals surface area contributed by atoms with Crippen LogP contribution in [-0.4, -0.2) is 11.9 Å². The van der Waals surface area contributed by atoms with Gasteiger partial charge in [-0.05, 0) is 42.2 Å². The number of benzene rings is 2. The fraction of sp³-hybridized carbons (Fsp3) is 0.176. The molecule has 0 saturated heterocycles. The molecule has 22 heavy (non-hydrogen) atoms. The summed E-state index contributed by atoms with van der Waals surface area (Å²) in [5.41, 5.74) is 2.99. The normalized spacial score (nSPS) is 18.2. The summed E-state index contributed by atoms with van der Waals surface area (Å²) in [6.07, 6.45) is 1.76. The third-order valence-corrected chi connectivity index (χ3v) is 4.12. The van der Waals surface area contributed by atoms with E-state index in [0.29, 0.717) is 16.4 Å². The summed E-state index contributed by atoms with van der Waals surface area (Å²) in [6.45, 7) is 0. The first-order valence-electron chi connectivity index (χ1n) is 7.21. The molecule has 2 aromatic rings. The summed E-state index contributed by atoms with van der Waals surface area (Å²) >= 11 is 0. The van der Waals surface area contributed by atoms with E-state index < -0.39 is 6.03 Å². The number of fused-ring (bicyclic) bond motifs is 2. The van der Waals surface area contributed by atoms with Crippen molar-refractivity contribution in [3.8, 4) is 0 Å². The molecule has 0 spiro atoms. The minimum atomic E-state index is -0.497. The Morgan fingerprint density at radius 2 is 1.91 bits per heavy atom. The van der Waals surface area contributed by atoms with Crippen LogP contribution in [0.2, 0.25) is 0 Å². The number of anilines is 1. The van der Waals surface area contributed by atoms with Gasteiger partial charge in [0.25, 0.3) is 0 Å². The highest BCUT2D eigenvalue weighted by Gasteiger charge is 2.28. The first kappa shape index (κ1) is 12.9. The summed E-state index contributed by atoms with van der Waals surface area (Å²) in [6, 6.07) is 12.7. The largest absolute Gasteiger partial charge is 0.368 e. The highest BCUT2D eigenvalue weighted by molar-refractivity contribution is 5.96. The third-order valence-electron chi connectivity index (χ3n) is 4.12. The Balaban J connectivity index is 1.60. The van der Waals surface area contributed by atoms with Gasteiger partial charge in [-0.15, -0.1) is 0 Å². The van der Waals surface area contributed by atoms with Gasteiger partial charge in [0.15, 0.2) is 0 Å². The van der Waals surface area contributed by atoms with E-state index in [2.05, 4.69) is 21.4 Å². The van der Waals surface area contributed by atoms with Crippen LogP contribution in [0.3, 0.4) is 0 Å². The predicted octanol–water partition coefficient (Wildman–Crippen LogP) is 1.73. The quantitative estimate of drug-likeness (QED) is 0.915. The van der Waals surface area contributed by atoms with Crippen molar-refractivity contribution in [2.45, 2.75) is 18.8 Å². The molecule has 1 aliphatic carbocycles. The molecule has 1 aliphatic heterocycles. The molecular formula is C17H13N3O2. The van der Waals surface area contributed by atoms with Crippen LogP contribution in [0.1, 0.15) is 23.5 Å². The van der Waals surface area contributed by atoms with Gasteiger partial charge in [-0.2, -0.15) is 9.98 Å². The van der Waals surface area contributed by atoms with Crippen LogP contribution >= 0.6 is 0 Å². The smallest absolute Gasteiger partial charge is 0.325 e. The Labute approximate surface area is 126 Å². The van der Waals surface area contributed by atoms with E-state index in [0.717, 1.165) is 18.4 Å². The van der Waals surface area contributed by atoms with E-state index in [1.165, 1.54) is 5.56 Å². The van der Waals surface area contributed by atoms with Gasteiger partial charge in [-0.25, -0.2) is 4.79 Å². The molecule has 1 heterocycles. The van der Waals surface area contributed by atoms with Crippen molar-refractivity contribution in [2.75, 3.05) is 5.32 Å². The molecule has 0 bridgehead atoms. The molecule has 0 aromatic heterocycles. The molecular weight excluding hydrogens is 278 g/mol. The number of hydrogen-bond acceptors (Lipinski definition) is 2. The summed E-state index contributed by atoms with van der Waals surface area (Å²) in [4.78, 5) is 31.2. The Morgan fingerprint density at radius 1 is 1.09 bits per heavy atom. The lowest BCUT2D eigenvalue weighted by molar-refractivity contribution is -0.117. The summed E-state index contributed by atoms with van der Waals surface area (Å²) in [5, 5.41) is 3.98. The number of urea groups is 1. The monoisotopic (exact) mass is 291 g/mol. The highest BCUT2D eigenvalue weighted by atomic mass is 16.2. The van der Waals surface area contributed by atoms with Gasteiger partial charge in [0.2, 0.25) is 5.91 Å². The topological polar surface area (TPSA) is 70.9 Å². The second kappa shape index (κ2) is 4.87. The maximum atomic E-state index is 12.5. The number of aryl methyl sites for hydroxylation is 1. The van der Waals surface area contributed by atoms with Crippen molar-refractivity contribution in [2.24, 2.45) is 9.98 Å². The predicted molar refractivity (Wildman–Crippen MR) is 80.3 cm³/mol. The van der Waals surface area contributed by atoms with Crippen molar-refractivity contribution >= 4 is 17.6 Å². The van der Waals surface area contributed by atoms with E-state index in [4.69, 9.17) is 0 Å². The lowest BCUT2D eigenvalue weighted by atomic mass is 10.0. The van der Waals surface area contributed by atoms with Gasteiger partial charge >= 0.3 is 6.03 Å². The number of rotatable bonds is 2. The van der Waals surface area contributed by atoms with E-state index in [-0.39, 0.29) is 11.8 Å². The lowest BCUT2D eigenvalue weighted by Gasteiger charge is -2.12. The second-order valence-electron chi connectivity index (χ2n) is 5.49. The fourth-order valence-electron chi connectivity index (χ4n) is 3.08. The average molecular weight is 291 g/mol. The number of carbonyl (C=O) groups excluding carboxylic acids is 2. The summed E-state index contributed by atoms with van der Waals surface area (Å²) in [5.74, 6) is -0.140. The molecule has 1 unspecified atom stereocenters. The summed E-state index contributed by atoms with van der Waals surface area (Å²) in [7, 11) is 0.